The summed E-state index contributed by atoms with van der Waals surface area (Å²) in [5.74, 6) is 0.323. The third kappa shape index (κ3) is 9.71. The second kappa shape index (κ2) is 11.5. The van der Waals surface area contributed by atoms with Gasteiger partial charge in [0.2, 0.25) is 0 Å². The monoisotopic (exact) mass is 210 g/mol. The van der Waals surface area contributed by atoms with E-state index in [-0.39, 0.29) is 0 Å². The summed E-state index contributed by atoms with van der Waals surface area (Å²) in [5, 5.41) is 0. The molecule has 0 aromatic carbocycles. The minimum absolute atomic E-state index is 0.323. The summed E-state index contributed by atoms with van der Waals surface area (Å²) in [7, 11) is 0. The molecule has 0 bridgehead atoms. The van der Waals surface area contributed by atoms with Crippen LogP contribution in [0.5, 0.6) is 0 Å². The van der Waals surface area contributed by atoms with Gasteiger partial charge < -0.3 is 4.79 Å². The van der Waals surface area contributed by atoms with Crippen molar-refractivity contribution in [1.82, 2.24) is 0 Å². The van der Waals surface area contributed by atoms with Crippen molar-refractivity contribution in [2.24, 2.45) is 5.92 Å². The zero-order valence-electron chi connectivity index (χ0n) is 10.2. The average Bonchev–Trinajstić information content (AvgIpc) is 2.27. The molecule has 0 radical (unpaired) electrons. The molecule has 0 saturated carbocycles. The van der Waals surface area contributed by atoms with E-state index in [2.05, 4.69) is 13.5 Å². The van der Waals surface area contributed by atoms with Crippen molar-refractivity contribution in [3.63, 3.8) is 0 Å². The molecule has 1 nitrogen and oxygen atoms in total. The number of aldehydes is 1. The van der Waals surface area contributed by atoms with Crippen LogP contribution < -0.4 is 0 Å². The van der Waals surface area contributed by atoms with E-state index in [4.69, 9.17) is 0 Å². The van der Waals surface area contributed by atoms with Crippen LogP contribution in [-0.4, -0.2) is 6.29 Å². The molecule has 0 heterocycles. The van der Waals surface area contributed by atoms with Crippen LogP contribution >= 0.6 is 0 Å². The second-order valence-electron chi connectivity index (χ2n) is 4.32. The molecule has 1 atom stereocenters. The Kier molecular flexibility index (Phi) is 11.0. The summed E-state index contributed by atoms with van der Waals surface area (Å²) >= 11 is 0. The lowest BCUT2D eigenvalue weighted by atomic mass is 9.96. The van der Waals surface area contributed by atoms with E-state index < -0.39 is 0 Å². The molecule has 88 valence electrons. The highest BCUT2D eigenvalue weighted by molar-refractivity contribution is 5.53. The molecular formula is C14H26O. The number of carbonyl (C=O) groups excluding carboxylic acids is 1. The van der Waals surface area contributed by atoms with Gasteiger partial charge in [-0.15, -0.1) is 6.58 Å². The third-order valence-corrected chi connectivity index (χ3v) is 2.85. The van der Waals surface area contributed by atoms with Crippen LogP contribution in [0.4, 0.5) is 0 Å². The largest absolute Gasteiger partial charge is 0.303 e. The van der Waals surface area contributed by atoms with Crippen molar-refractivity contribution in [3.8, 4) is 0 Å². The maximum absolute atomic E-state index is 10.8. The van der Waals surface area contributed by atoms with Crippen molar-refractivity contribution in [2.75, 3.05) is 0 Å². The number of hydrogen-bond donors (Lipinski definition) is 0. The summed E-state index contributed by atoms with van der Waals surface area (Å²) in [5.41, 5.74) is 0. The molecule has 0 fully saturated rings. The van der Waals surface area contributed by atoms with Crippen LogP contribution in [0.1, 0.15) is 64.7 Å². The topological polar surface area (TPSA) is 17.1 Å². The molecule has 0 aliphatic heterocycles. The first-order valence-electron chi connectivity index (χ1n) is 6.41. The normalized spacial score (nSPS) is 12.3. The molecule has 0 aromatic rings. The molecule has 0 spiro atoms. The molecular weight excluding hydrogens is 184 g/mol. The quantitative estimate of drug-likeness (QED) is 0.278. The number of hydrogen-bond acceptors (Lipinski definition) is 1. The van der Waals surface area contributed by atoms with Crippen molar-refractivity contribution >= 4 is 6.29 Å². The first kappa shape index (κ1) is 14.4. The Balaban J connectivity index is 3.29. The van der Waals surface area contributed by atoms with E-state index in [1.807, 2.05) is 6.08 Å². The van der Waals surface area contributed by atoms with E-state index in [1.54, 1.807) is 0 Å². The first-order chi connectivity index (χ1) is 7.35. The Morgan fingerprint density at radius 2 is 1.73 bits per heavy atom. The summed E-state index contributed by atoms with van der Waals surface area (Å²) in [4.78, 5) is 10.8. The van der Waals surface area contributed by atoms with Crippen molar-refractivity contribution in [3.05, 3.63) is 12.7 Å². The molecule has 0 aliphatic rings. The fourth-order valence-electron chi connectivity index (χ4n) is 1.80. The first-order valence-corrected chi connectivity index (χ1v) is 6.41. The van der Waals surface area contributed by atoms with Gasteiger partial charge in [-0.3, -0.25) is 0 Å². The average molecular weight is 210 g/mol. The van der Waals surface area contributed by atoms with Crippen LogP contribution in [-0.2, 0) is 4.79 Å². The summed E-state index contributed by atoms with van der Waals surface area (Å²) in [6, 6.07) is 0. The van der Waals surface area contributed by atoms with Gasteiger partial charge in [-0.2, -0.15) is 0 Å². The predicted octanol–water partition coefficient (Wildman–Crippen LogP) is 4.52. The molecule has 1 heteroatoms. The highest BCUT2D eigenvalue weighted by Crippen LogP contribution is 2.15. The van der Waals surface area contributed by atoms with E-state index in [1.165, 1.54) is 38.5 Å². The minimum atomic E-state index is 0.323. The minimum Gasteiger partial charge on any atom is -0.303 e. The standard InChI is InChI=1S/C14H26O/c1-3-5-7-8-9-10-12-14(13-15)11-6-4-2/h3,13-14H,1,4-12H2,2H3. The Morgan fingerprint density at radius 1 is 1.07 bits per heavy atom. The Bertz CT molecular complexity index is 151. The van der Waals surface area contributed by atoms with Gasteiger partial charge in [0, 0.05) is 5.92 Å². The second-order valence-corrected chi connectivity index (χ2v) is 4.32. The molecule has 15 heavy (non-hydrogen) atoms. The highest BCUT2D eigenvalue weighted by atomic mass is 16.1. The zero-order valence-corrected chi connectivity index (χ0v) is 10.2. The number of unbranched alkanes of at least 4 members (excludes halogenated alkanes) is 5. The van der Waals surface area contributed by atoms with Gasteiger partial charge in [-0.1, -0.05) is 45.1 Å². The Hall–Kier alpha value is -0.590. The number of carbonyl (C=O) groups is 1. The lowest BCUT2D eigenvalue weighted by Crippen LogP contribution is -2.01. The van der Waals surface area contributed by atoms with Crippen LogP contribution in [0.3, 0.4) is 0 Å². The van der Waals surface area contributed by atoms with E-state index in [0.717, 1.165) is 25.5 Å². The Labute approximate surface area is 95.0 Å². The third-order valence-electron chi connectivity index (χ3n) is 2.85. The smallest absolute Gasteiger partial charge is 0.123 e. The zero-order chi connectivity index (χ0) is 11.4. The van der Waals surface area contributed by atoms with Crippen LogP contribution in [0.15, 0.2) is 12.7 Å². The van der Waals surface area contributed by atoms with Crippen molar-refractivity contribution in [1.29, 1.82) is 0 Å². The molecule has 1 unspecified atom stereocenters. The van der Waals surface area contributed by atoms with E-state index in [0.29, 0.717) is 5.92 Å². The molecule has 0 amide bonds. The van der Waals surface area contributed by atoms with Gasteiger partial charge in [0.1, 0.15) is 6.29 Å². The van der Waals surface area contributed by atoms with Crippen molar-refractivity contribution < 1.29 is 4.79 Å². The van der Waals surface area contributed by atoms with Crippen LogP contribution in [0, 0.1) is 5.92 Å². The summed E-state index contributed by atoms with van der Waals surface area (Å²) in [6.07, 6.45) is 13.9. The van der Waals surface area contributed by atoms with Crippen LogP contribution in [0.2, 0.25) is 0 Å². The molecule has 0 rings (SSSR count). The molecule has 0 N–H and O–H groups in total. The van der Waals surface area contributed by atoms with E-state index >= 15 is 0 Å². The lowest BCUT2D eigenvalue weighted by molar-refractivity contribution is -0.111. The molecule has 0 saturated heterocycles. The lowest BCUT2D eigenvalue weighted by Gasteiger charge is -2.08. The van der Waals surface area contributed by atoms with Gasteiger partial charge in [0.15, 0.2) is 0 Å². The Morgan fingerprint density at radius 3 is 2.33 bits per heavy atom. The van der Waals surface area contributed by atoms with Gasteiger partial charge >= 0.3 is 0 Å². The van der Waals surface area contributed by atoms with Gasteiger partial charge in [-0.25, -0.2) is 0 Å². The van der Waals surface area contributed by atoms with E-state index in [9.17, 15) is 4.79 Å². The number of allylic oxidation sites excluding steroid dienone is 1. The highest BCUT2D eigenvalue weighted by Gasteiger charge is 2.05. The van der Waals surface area contributed by atoms with Crippen LogP contribution in [0.25, 0.3) is 0 Å². The SMILES string of the molecule is C=CCCCCCCC(C=O)CCCC. The van der Waals surface area contributed by atoms with Gasteiger partial charge in [-0.05, 0) is 25.7 Å². The number of rotatable bonds is 11. The van der Waals surface area contributed by atoms with Gasteiger partial charge in [0.05, 0.1) is 0 Å². The summed E-state index contributed by atoms with van der Waals surface area (Å²) in [6.45, 7) is 5.89. The maximum Gasteiger partial charge on any atom is 0.123 e. The molecule has 0 aliphatic carbocycles. The van der Waals surface area contributed by atoms with Gasteiger partial charge in [0.25, 0.3) is 0 Å². The summed E-state index contributed by atoms with van der Waals surface area (Å²) < 4.78 is 0. The predicted molar refractivity (Wildman–Crippen MR) is 67.0 cm³/mol. The molecule has 0 aromatic heterocycles. The van der Waals surface area contributed by atoms with Crippen molar-refractivity contribution in [2.45, 2.75) is 64.7 Å². The maximum atomic E-state index is 10.8. The fourth-order valence-corrected chi connectivity index (χ4v) is 1.80. The fraction of sp³-hybridized carbons (Fsp3) is 0.786.